The van der Waals surface area contributed by atoms with Gasteiger partial charge in [0.05, 0.1) is 6.61 Å². The van der Waals surface area contributed by atoms with Crippen LogP contribution in [0.5, 0.6) is 0 Å². The number of hydrogen-bond acceptors (Lipinski definition) is 3. The minimum Gasteiger partial charge on any atom is -0.480 e. The van der Waals surface area contributed by atoms with Crippen LogP contribution in [-0.4, -0.2) is 54.4 Å². The lowest BCUT2D eigenvalue weighted by Gasteiger charge is -2.25. The molecule has 1 fully saturated rings. The van der Waals surface area contributed by atoms with Crippen LogP contribution in [0.4, 0.5) is 4.79 Å². The van der Waals surface area contributed by atoms with Crippen molar-refractivity contribution in [2.75, 3.05) is 20.3 Å². The van der Waals surface area contributed by atoms with Gasteiger partial charge in [0, 0.05) is 19.7 Å². The number of aliphatic carboxylic acids is 1. The van der Waals surface area contributed by atoms with E-state index in [1.807, 2.05) is 13.8 Å². The quantitative estimate of drug-likeness (QED) is 0.698. The van der Waals surface area contributed by atoms with Gasteiger partial charge in [0.2, 0.25) is 0 Å². The number of rotatable bonds is 8. The van der Waals surface area contributed by atoms with Gasteiger partial charge in [-0.25, -0.2) is 9.59 Å². The Labute approximate surface area is 114 Å². The Balaban J connectivity index is 2.54. The fraction of sp³-hybridized carbons (Fsp3) is 0.846. The van der Waals surface area contributed by atoms with Crippen molar-refractivity contribution < 1.29 is 19.4 Å². The third kappa shape index (κ3) is 5.46. The first-order valence-electron chi connectivity index (χ1n) is 6.74. The lowest BCUT2D eigenvalue weighted by Crippen LogP contribution is -2.50. The summed E-state index contributed by atoms with van der Waals surface area (Å²) in [6, 6.07) is -0.882. The molecule has 6 heteroatoms. The molecule has 0 aromatic carbocycles. The van der Waals surface area contributed by atoms with Crippen molar-refractivity contribution in [1.82, 2.24) is 10.2 Å². The van der Waals surface area contributed by atoms with Crippen LogP contribution in [0.15, 0.2) is 0 Å². The molecule has 1 unspecified atom stereocenters. The third-order valence-corrected chi connectivity index (χ3v) is 3.09. The van der Waals surface area contributed by atoms with Crippen molar-refractivity contribution in [2.45, 2.75) is 45.2 Å². The minimum absolute atomic E-state index is 0.217. The zero-order valence-electron chi connectivity index (χ0n) is 11.9. The van der Waals surface area contributed by atoms with E-state index in [1.54, 1.807) is 12.0 Å². The number of nitrogens with one attached hydrogen (secondary N) is 1. The van der Waals surface area contributed by atoms with Crippen LogP contribution in [-0.2, 0) is 9.53 Å². The van der Waals surface area contributed by atoms with Crippen LogP contribution in [0.25, 0.3) is 0 Å². The minimum atomic E-state index is -0.982. The number of carboxylic acids is 1. The molecular weight excluding hydrogens is 248 g/mol. The first-order chi connectivity index (χ1) is 8.95. The summed E-state index contributed by atoms with van der Waals surface area (Å²) in [5.74, 6) is -0.765. The van der Waals surface area contributed by atoms with E-state index in [2.05, 4.69) is 5.32 Å². The molecule has 1 rings (SSSR count). The lowest BCUT2D eigenvalue weighted by atomic mass is 10.0. The Hall–Kier alpha value is -1.30. The topological polar surface area (TPSA) is 78.9 Å². The Morgan fingerprint density at radius 3 is 2.47 bits per heavy atom. The number of urea groups is 1. The van der Waals surface area contributed by atoms with E-state index < -0.39 is 12.0 Å². The van der Waals surface area contributed by atoms with Crippen LogP contribution in [0.1, 0.15) is 33.1 Å². The molecule has 0 spiro atoms. The van der Waals surface area contributed by atoms with Crippen LogP contribution in [0, 0.1) is 5.92 Å². The van der Waals surface area contributed by atoms with Crippen molar-refractivity contribution in [3.8, 4) is 0 Å². The molecule has 1 aliphatic rings. The Kier molecular flexibility index (Phi) is 6.08. The van der Waals surface area contributed by atoms with E-state index in [-0.39, 0.29) is 18.0 Å². The summed E-state index contributed by atoms with van der Waals surface area (Å²) in [7, 11) is 1.59. The lowest BCUT2D eigenvalue weighted by molar-refractivity contribution is -0.139. The molecular formula is C13H24N2O4. The van der Waals surface area contributed by atoms with Crippen molar-refractivity contribution in [3.63, 3.8) is 0 Å². The average molecular weight is 272 g/mol. The van der Waals surface area contributed by atoms with E-state index in [9.17, 15) is 9.59 Å². The Morgan fingerprint density at radius 1 is 1.42 bits per heavy atom. The summed E-state index contributed by atoms with van der Waals surface area (Å²) in [6.07, 6.45) is 2.40. The molecule has 0 bridgehead atoms. The molecule has 0 saturated heterocycles. The van der Waals surface area contributed by atoms with Crippen molar-refractivity contribution in [2.24, 2.45) is 5.92 Å². The van der Waals surface area contributed by atoms with Gasteiger partial charge in [0.15, 0.2) is 0 Å². The van der Waals surface area contributed by atoms with Gasteiger partial charge < -0.3 is 20.1 Å². The number of carbonyl (C=O) groups excluding carboxylic acids is 1. The Morgan fingerprint density at radius 2 is 2.05 bits per heavy atom. The number of methoxy groups -OCH3 is 1. The summed E-state index contributed by atoms with van der Waals surface area (Å²) < 4.78 is 4.98. The van der Waals surface area contributed by atoms with Gasteiger partial charge in [-0.15, -0.1) is 0 Å². The van der Waals surface area contributed by atoms with E-state index >= 15 is 0 Å². The molecule has 0 radical (unpaired) electrons. The number of ether oxygens (including phenoxy) is 1. The van der Waals surface area contributed by atoms with Crippen molar-refractivity contribution in [1.29, 1.82) is 0 Å². The van der Waals surface area contributed by atoms with E-state index in [4.69, 9.17) is 9.84 Å². The molecule has 1 saturated carbocycles. The first-order valence-corrected chi connectivity index (χ1v) is 6.74. The van der Waals surface area contributed by atoms with Crippen LogP contribution < -0.4 is 5.32 Å². The molecule has 0 aromatic rings. The van der Waals surface area contributed by atoms with Crippen molar-refractivity contribution >= 4 is 12.0 Å². The first kappa shape index (κ1) is 15.8. The largest absolute Gasteiger partial charge is 0.480 e. The molecule has 0 heterocycles. The fourth-order valence-corrected chi connectivity index (χ4v) is 1.95. The maximum Gasteiger partial charge on any atom is 0.326 e. The predicted molar refractivity (Wildman–Crippen MR) is 71.0 cm³/mol. The highest BCUT2D eigenvalue weighted by Gasteiger charge is 2.34. The van der Waals surface area contributed by atoms with E-state index in [0.29, 0.717) is 19.6 Å². The molecule has 1 aliphatic carbocycles. The number of carbonyl (C=O) groups is 2. The van der Waals surface area contributed by atoms with Crippen LogP contribution in [0.2, 0.25) is 0 Å². The zero-order valence-corrected chi connectivity index (χ0v) is 11.9. The zero-order chi connectivity index (χ0) is 14.4. The average Bonchev–Trinajstić information content (AvgIpc) is 3.12. The second-order valence-corrected chi connectivity index (χ2v) is 5.39. The number of hydrogen-bond donors (Lipinski definition) is 2. The number of amides is 2. The molecule has 2 amide bonds. The summed E-state index contributed by atoms with van der Waals surface area (Å²) >= 11 is 0. The van der Waals surface area contributed by atoms with Gasteiger partial charge >= 0.3 is 12.0 Å². The van der Waals surface area contributed by atoms with E-state index in [0.717, 1.165) is 12.8 Å². The molecule has 0 aromatic heterocycles. The molecule has 6 nitrogen and oxygen atoms in total. The summed E-state index contributed by atoms with van der Waals surface area (Å²) in [4.78, 5) is 24.9. The highest BCUT2D eigenvalue weighted by Crippen LogP contribution is 2.26. The molecule has 110 valence electrons. The smallest absolute Gasteiger partial charge is 0.326 e. The SMILES string of the molecule is COCCN(C(=O)NC(CC(C)C)C(=O)O)C1CC1. The second-order valence-electron chi connectivity index (χ2n) is 5.39. The highest BCUT2D eigenvalue weighted by atomic mass is 16.5. The molecule has 2 N–H and O–H groups in total. The highest BCUT2D eigenvalue weighted by molar-refractivity contribution is 5.82. The maximum absolute atomic E-state index is 12.1. The van der Waals surface area contributed by atoms with Gasteiger partial charge in [-0.3, -0.25) is 0 Å². The van der Waals surface area contributed by atoms with Gasteiger partial charge in [0.1, 0.15) is 6.04 Å². The van der Waals surface area contributed by atoms with Crippen molar-refractivity contribution in [3.05, 3.63) is 0 Å². The van der Waals surface area contributed by atoms with Crippen LogP contribution in [0.3, 0.4) is 0 Å². The molecule has 1 atom stereocenters. The normalized spacial score (nSPS) is 16.2. The van der Waals surface area contributed by atoms with Crippen LogP contribution >= 0.6 is 0 Å². The standard InChI is InChI=1S/C13H24N2O4/c1-9(2)8-11(12(16)17)14-13(18)15(6-7-19-3)10-4-5-10/h9-11H,4-8H2,1-3H3,(H,14,18)(H,16,17). The monoisotopic (exact) mass is 272 g/mol. The van der Waals surface area contributed by atoms with Gasteiger partial charge in [0.25, 0.3) is 0 Å². The summed E-state index contributed by atoms with van der Waals surface area (Å²) in [5, 5.41) is 11.7. The molecule has 0 aliphatic heterocycles. The van der Waals surface area contributed by atoms with E-state index in [1.165, 1.54) is 0 Å². The third-order valence-electron chi connectivity index (χ3n) is 3.09. The Bertz CT molecular complexity index is 316. The maximum atomic E-state index is 12.1. The number of nitrogens with zero attached hydrogens (tertiary/aromatic N) is 1. The number of carboxylic acid groups (broad SMARTS) is 1. The second kappa shape index (κ2) is 7.33. The summed E-state index contributed by atoms with van der Waals surface area (Å²) in [5.41, 5.74) is 0. The van der Waals surface area contributed by atoms with Gasteiger partial charge in [-0.2, -0.15) is 0 Å². The van der Waals surface area contributed by atoms with Gasteiger partial charge in [-0.05, 0) is 25.2 Å². The summed E-state index contributed by atoms with van der Waals surface area (Å²) in [6.45, 7) is 4.84. The fourth-order valence-electron chi connectivity index (χ4n) is 1.95. The van der Waals surface area contributed by atoms with Gasteiger partial charge in [-0.1, -0.05) is 13.8 Å². The molecule has 19 heavy (non-hydrogen) atoms. The predicted octanol–water partition coefficient (Wildman–Crippen LogP) is 1.31.